The fraction of sp³-hybridized carbons (Fsp3) is 0.200. The Labute approximate surface area is 138 Å². The zero-order valence-electron chi connectivity index (χ0n) is 11.0. The standard InChI is InChI=1S/C15H14Cl3FN2/c16-11-3-1-9(14(18)7-11)5-13(21-20)6-10-2-4-12(17)8-15(10)19/h1-4,7-8,13,21H,5-6,20H2. The topological polar surface area (TPSA) is 38.0 Å². The third-order valence-electron chi connectivity index (χ3n) is 3.20. The zero-order chi connectivity index (χ0) is 15.4. The van der Waals surface area contributed by atoms with E-state index in [-0.39, 0.29) is 11.9 Å². The van der Waals surface area contributed by atoms with Crippen molar-refractivity contribution >= 4 is 34.8 Å². The van der Waals surface area contributed by atoms with Crippen molar-refractivity contribution in [3.05, 3.63) is 68.4 Å². The van der Waals surface area contributed by atoms with Gasteiger partial charge in [0.1, 0.15) is 5.82 Å². The molecule has 112 valence electrons. The van der Waals surface area contributed by atoms with Crippen LogP contribution in [-0.2, 0) is 12.8 Å². The molecule has 1 unspecified atom stereocenters. The van der Waals surface area contributed by atoms with Gasteiger partial charge in [0.25, 0.3) is 0 Å². The number of hydrazine groups is 1. The molecule has 0 spiro atoms. The van der Waals surface area contributed by atoms with E-state index < -0.39 is 0 Å². The Morgan fingerprint density at radius 3 is 2.10 bits per heavy atom. The number of halogens is 4. The highest BCUT2D eigenvalue weighted by molar-refractivity contribution is 6.35. The molecule has 1 atom stereocenters. The van der Waals surface area contributed by atoms with E-state index in [2.05, 4.69) is 5.43 Å². The van der Waals surface area contributed by atoms with Crippen molar-refractivity contribution in [2.45, 2.75) is 18.9 Å². The van der Waals surface area contributed by atoms with Crippen LogP contribution in [0.25, 0.3) is 0 Å². The predicted octanol–water partition coefficient (Wildman–Crippen LogP) is 4.40. The Kier molecular flexibility index (Phi) is 5.85. The van der Waals surface area contributed by atoms with Crippen molar-refractivity contribution < 1.29 is 4.39 Å². The summed E-state index contributed by atoms with van der Waals surface area (Å²) >= 11 is 17.7. The monoisotopic (exact) mass is 346 g/mol. The largest absolute Gasteiger partial charge is 0.271 e. The summed E-state index contributed by atoms with van der Waals surface area (Å²) in [6.45, 7) is 0. The Hall–Kier alpha value is -0.840. The summed E-state index contributed by atoms with van der Waals surface area (Å²) in [7, 11) is 0. The van der Waals surface area contributed by atoms with Gasteiger partial charge in [0.15, 0.2) is 0 Å². The van der Waals surface area contributed by atoms with Crippen LogP contribution < -0.4 is 11.3 Å². The lowest BCUT2D eigenvalue weighted by Gasteiger charge is -2.17. The summed E-state index contributed by atoms with van der Waals surface area (Å²) in [5.74, 6) is 5.22. The van der Waals surface area contributed by atoms with E-state index in [0.29, 0.717) is 33.5 Å². The number of hydrogen-bond donors (Lipinski definition) is 2. The molecule has 0 amide bonds. The van der Waals surface area contributed by atoms with Crippen LogP contribution in [0.2, 0.25) is 15.1 Å². The van der Waals surface area contributed by atoms with Gasteiger partial charge in [-0.1, -0.05) is 46.9 Å². The fourth-order valence-electron chi connectivity index (χ4n) is 2.10. The van der Waals surface area contributed by atoms with Crippen molar-refractivity contribution in [2.75, 3.05) is 0 Å². The van der Waals surface area contributed by atoms with E-state index in [4.69, 9.17) is 40.6 Å². The van der Waals surface area contributed by atoms with Gasteiger partial charge < -0.3 is 0 Å². The summed E-state index contributed by atoms with van der Waals surface area (Å²) in [6, 6.07) is 9.73. The van der Waals surface area contributed by atoms with Gasteiger partial charge in [-0.15, -0.1) is 0 Å². The number of nitrogens with one attached hydrogen (secondary N) is 1. The van der Waals surface area contributed by atoms with Crippen LogP contribution in [0.5, 0.6) is 0 Å². The van der Waals surface area contributed by atoms with Crippen molar-refractivity contribution in [3.63, 3.8) is 0 Å². The highest BCUT2D eigenvalue weighted by Crippen LogP contribution is 2.23. The summed E-state index contributed by atoms with van der Waals surface area (Å²) in [5.41, 5.74) is 4.14. The summed E-state index contributed by atoms with van der Waals surface area (Å²) < 4.78 is 13.8. The van der Waals surface area contributed by atoms with Gasteiger partial charge >= 0.3 is 0 Å². The SMILES string of the molecule is NNC(Cc1ccc(Cl)cc1F)Cc1ccc(Cl)cc1Cl. The Morgan fingerprint density at radius 2 is 1.52 bits per heavy atom. The second kappa shape index (κ2) is 7.43. The first kappa shape index (κ1) is 16.5. The van der Waals surface area contributed by atoms with Crippen molar-refractivity contribution in [1.82, 2.24) is 5.43 Å². The minimum Gasteiger partial charge on any atom is -0.271 e. The first-order valence-electron chi connectivity index (χ1n) is 6.33. The van der Waals surface area contributed by atoms with Crippen LogP contribution in [0.1, 0.15) is 11.1 Å². The lowest BCUT2D eigenvalue weighted by molar-refractivity contribution is 0.506. The molecular formula is C15H14Cl3FN2. The van der Waals surface area contributed by atoms with Crippen LogP contribution in [0.3, 0.4) is 0 Å². The third kappa shape index (κ3) is 4.56. The molecule has 0 heterocycles. The lowest BCUT2D eigenvalue weighted by atomic mass is 9.99. The molecule has 0 aromatic heterocycles. The molecule has 0 aliphatic heterocycles. The van der Waals surface area contributed by atoms with Crippen LogP contribution in [0.15, 0.2) is 36.4 Å². The molecule has 21 heavy (non-hydrogen) atoms. The van der Waals surface area contributed by atoms with Crippen LogP contribution >= 0.6 is 34.8 Å². The number of rotatable bonds is 5. The molecule has 2 aromatic rings. The van der Waals surface area contributed by atoms with Gasteiger partial charge in [0, 0.05) is 21.1 Å². The smallest absolute Gasteiger partial charge is 0.127 e. The predicted molar refractivity (Wildman–Crippen MR) is 86.4 cm³/mol. The number of hydrogen-bond acceptors (Lipinski definition) is 2. The van der Waals surface area contributed by atoms with Crippen molar-refractivity contribution in [2.24, 2.45) is 5.84 Å². The van der Waals surface area contributed by atoms with E-state index in [1.807, 2.05) is 6.07 Å². The summed E-state index contributed by atoms with van der Waals surface area (Å²) in [6.07, 6.45) is 0.993. The molecular weight excluding hydrogens is 334 g/mol. The van der Waals surface area contributed by atoms with E-state index in [9.17, 15) is 4.39 Å². The molecule has 0 bridgehead atoms. The molecule has 2 rings (SSSR count). The average Bonchev–Trinajstić information content (AvgIpc) is 2.43. The third-order valence-corrected chi connectivity index (χ3v) is 4.02. The number of nitrogens with two attached hydrogens (primary N) is 1. The second-order valence-electron chi connectivity index (χ2n) is 4.74. The highest BCUT2D eigenvalue weighted by atomic mass is 35.5. The maximum atomic E-state index is 13.8. The van der Waals surface area contributed by atoms with E-state index in [0.717, 1.165) is 5.56 Å². The van der Waals surface area contributed by atoms with Crippen molar-refractivity contribution in [3.8, 4) is 0 Å². The molecule has 0 radical (unpaired) electrons. The first-order valence-corrected chi connectivity index (χ1v) is 7.47. The zero-order valence-corrected chi connectivity index (χ0v) is 13.3. The van der Waals surface area contributed by atoms with Gasteiger partial charge in [0.05, 0.1) is 0 Å². The van der Waals surface area contributed by atoms with E-state index in [1.165, 1.54) is 6.07 Å². The molecule has 0 saturated carbocycles. The lowest BCUT2D eigenvalue weighted by Crippen LogP contribution is -2.38. The Bertz CT molecular complexity index is 581. The quantitative estimate of drug-likeness (QED) is 0.621. The van der Waals surface area contributed by atoms with E-state index >= 15 is 0 Å². The molecule has 0 fully saturated rings. The minimum atomic E-state index is -0.343. The van der Waals surface area contributed by atoms with Gasteiger partial charge in [-0.25, -0.2) is 4.39 Å². The van der Waals surface area contributed by atoms with Gasteiger partial charge in [-0.2, -0.15) is 0 Å². The van der Waals surface area contributed by atoms with Gasteiger partial charge in [0.2, 0.25) is 0 Å². The van der Waals surface area contributed by atoms with Crippen LogP contribution in [0, 0.1) is 5.82 Å². The second-order valence-corrected chi connectivity index (χ2v) is 6.02. The fourth-order valence-corrected chi connectivity index (χ4v) is 2.74. The molecule has 6 heteroatoms. The molecule has 0 saturated heterocycles. The highest BCUT2D eigenvalue weighted by Gasteiger charge is 2.14. The Balaban J connectivity index is 2.13. The molecule has 2 aromatic carbocycles. The maximum absolute atomic E-state index is 13.8. The Morgan fingerprint density at radius 1 is 0.952 bits per heavy atom. The maximum Gasteiger partial charge on any atom is 0.127 e. The molecule has 2 nitrogen and oxygen atoms in total. The average molecular weight is 348 g/mol. The van der Waals surface area contributed by atoms with Crippen molar-refractivity contribution in [1.29, 1.82) is 0 Å². The van der Waals surface area contributed by atoms with E-state index in [1.54, 1.807) is 24.3 Å². The summed E-state index contributed by atoms with van der Waals surface area (Å²) in [5, 5.41) is 1.51. The molecule has 0 aliphatic rings. The molecule has 0 aliphatic carbocycles. The van der Waals surface area contributed by atoms with Crippen LogP contribution in [0.4, 0.5) is 4.39 Å². The first-order chi connectivity index (χ1) is 9.99. The minimum absolute atomic E-state index is 0.153. The summed E-state index contributed by atoms with van der Waals surface area (Å²) in [4.78, 5) is 0. The van der Waals surface area contributed by atoms with Gasteiger partial charge in [-0.3, -0.25) is 11.3 Å². The van der Waals surface area contributed by atoms with Gasteiger partial charge in [-0.05, 0) is 48.2 Å². The normalized spacial score (nSPS) is 12.4. The van der Waals surface area contributed by atoms with Crippen LogP contribution in [-0.4, -0.2) is 6.04 Å². The number of benzene rings is 2. The molecule has 3 N–H and O–H groups in total.